The lowest BCUT2D eigenvalue weighted by Gasteiger charge is -2.07. The first-order valence-corrected chi connectivity index (χ1v) is 5.51. The smallest absolute Gasteiger partial charge is 0.277 e. The molecule has 0 aliphatic carbocycles. The molecule has 0 spiro atoms. The summed E-state index contributed by atoms with van der Waals surface area (Å²) in [6, 6.07) is 2.86. The minimum Gasteiger partial charge on any atom is -0.397 e. The molecule has 1 aromatic heterocycles. The quantitative estimate of drug-likeness (QED) is 0.837. The van der Waals surface area contributed by atoms with Crippen LogP contribution >= 0.6 is 0 Å². The van der Waals surface area contributed by atoms with E-state index in [1.807, 2.05) is 0 Å². The lowest BCUT2D eigenvalue weighted by atomic mass is 10.2. The molecule has 1 amide bonds. The molecule has 0 aliphatic heterocycles. The maximum Gasteiger partial charge on any atom is 0.277 e. The molecule has 1 heterocycles. The second-order valence-electron chi connectivity index (χ2n) is 3.92. The summed E-state index contributed by atoms with van der Waals surface area (Å²) in [5, 5.41) is 5.71. The zero-order valence-corrected chi connectivity index (χ0v) is 10.4. The molecule has 106 valence electrons. The fraction of sp³-hybridized carbons (Fsp3) is 0.167. The molecule has 3 N–H and O–H groups in total. The minimum atomic E-state index is -0.976. The van der Waals surface area contributed by atoms with Crippen LogP contribution in [0.1, 0.15) is 16.2 Å². The molecule has 0 bridgehead atoms. The number of nitrogens with one attached hydrogen (secondary N) is 1. The summed E-state index contributed by atoms with van der Waals surface area (Å²) < 4.78 is 36.0. The molecule has 0 fully saturated rings. The van der Waals surface area contributed by atoms with Crippen LogP contribution in [0.5, 0.6) is 0 Å². The number of aromatic nitrogens is 1. The standard InChI is InChI=1S/C12H11F2N3O3/c1-19-5-7-4-10(17-20-7)12(18)16-11-8(14)2-6(13)3-9(11)15/h2-4H,5,15H2,1H3,(H,16,18). The van der Waals surface area contributed by atoms with Crippen LogP contribution in [0.2, 0.25) is 0 Å². The second kappa shape index (κ2) is 5.66. The van der Waals surface area contributed by atoms with E-state index in [1.54, 1.807) is 0 Å². The van der Waals surface area contributed by atoms with E-state index in [0.717, 1.165) is 6.07 Å². The van der Waals surface area contributed by atoms with Crippen LogP contribution in [0.15, 0.2) is 22.7 Å². The van der Waals surface area contributed by atoms with Gasteiger partial charge in [0.25, 0.3) is 5.91 Å². The van der Waals surface area contributed by atoms with E-state index in [4.69, 9.17) is 15.0 Å². The summed E-state index contributed by atoms with van der Waals surface area (Å²) in [6.45, 7) is 0.146. The van der Waals surface area contributed by atoms with Gasteiger partial charge in [-0.2, -0.15) is 0 Å². The fourth-order valence-electron chi connectivity index (χ4n) is 1.53. The minimum absolute atomic E-state index is 0.0693. The lowest BCUT2D eigenvalue weighted by Crippen LogP contribution is -2.15. The van der Waals surface area contributed by atoms with Gasteiger partial charge in [0.05, 0.1) is 5.69 Å². The van der Waals surface area contributed by atoms with Gasteiger partial charge < -0.3 is 20.3 Å². The van der Waals surface area contributed by atoms with Crippen molar-refractivity contribution in [2.75, 3.05) is 18.2 Å². The van der Waals surface area contributed by atoms with Crippen molar-refractivity contribution in [2.45, 2.75) is 6.61 Å². The molecule has 0 saturated carbocycles. The van der Waals surface area contributed by atoms with Crippen molar-refractivity contribution >= 4 is 17.3 Å². The van der Waals surface area contributed by atoms with E-state index in [-0.39, 0.29) is 23.7 Å². The van der Waals surface area contributed by atoms with Crippen molar-refractivity contribution in [3.63, 3.8) is 0 Å². The molecular weight excluding hydrogens is 272 g/mol. The van der Waals surface area contributed by atoms with Crippen LogP contribution < -0.4 is 11.1 Å². The van der Waals surface area contributed by atoms with Crippen LogP contribution in [-0.4, -0.2) is 18.2 Å². The summed E-state index contributed by atoms with van der Waals surface area (Å²) in [5.74, 6) is -2.20. The van der Waals surface area contributed by atoms with Crippen molar-refractivity contribution in [3.05, 3.63) is 41.3 Å². The molecule has 1 aromatic carbocycles. The summed E-state index contributed by atoms with van der Waals surface area (Å²) >= 11 is 0. The number of amides is 1. The van der Waals surface area contributed by atoms with E-state index in [0.29, 0.717) is 11.8 Å². The number of hydrogen-bond acceptors (Lipinski definition) is 5. The van der Waals surface area contributed by atoms with Gasteiger partial charge in [0.15, 0.2) is 17.3 Å². The summed E-state index contributed by atoms with van der Waals surface area (Å²) in [7, 11) is 1.46. The Bertz CT molecular complexity index is 620. The molecule has 20 heavy (non-hydrogen) atoms. The number of nitrogens with two attached hydrogens (primary N) is 1. The molecule has 0 atom stereocenters. The van der Waals surface area contributed by atoms with Crippen molar-refractivity contribution in [1.82, 2.24) is 5.16 Å². The van der Waals surface area contributed by atoms with Gasteiger partial charge in [-0.3, -0.25) is 4.79 Å². The van der Waals surface area contributed by atoms with Gasteiger partial charge in [-0.05, 0) is 6.07 Å². The third-order valence-electron chi connectivity index (χ3n) is 2.40. The van der Waals surface area contributed by atoms with Crippen LogP contribution in [0, 0.1) is 11.6 Å². The summed E-state index contributed by atoms with van der Waals surface area (Å²) in [4.78, 5) is 11.8. The Kier molecular flexibility index (Phi) is 3.94. The molecular formula is C12H11F2N3O3. The Morgan fingerprint density at radius 1 is 1.45 bits per heavy atom. The van der Waals surface area contributed by atoms with Crippen molar-refractivity contribution in [1.29, 1.82) is 0 Å². The predicted molar refractivity (Wildman–Crippen MR) is 65.9 cm³/mol. The Labute approximate surface area is 112 Å². The number of benzene rings is 1. The summed E-state index contributed by atoms with van der Waals surface area (Å²) in [6.07, 6.45) is 0. The van der Waals surface area contributed by atoms with E-state index >= 15 is 0 Å². The topological polar surface area (TPSA) is 90.4 Å². The third kappa shape index (κ3) is 2.91. The second-order valence-corrected chi connectivity index (χ2v) is 3.92. The van der Waals surface area contributed by atoms with Gasteiger partial charge in [0.1, 0.15) is 18.1 Å². The average molecular weight is 283 g/mol. The zero-order valence-electron chi connectivity index (χ0n) is 10.4. The van der Waals surface area contributed by atoms with Crippen LogP contribution in [0.4, 0.5) is 20.2 Å². The van der Waals surface area contributed by atoms with Gasteiger partial charge in [-0.25, -0.2) is 8.78 Å². The number of rotatable bonds is 4. The van der Waals surface area contributed by atoms with Crippen LogP contribution in [0.25, 0.3) is 0 Å². The van der Waals surface area contributed by atoms with Crippen LogP contribution in [0.3, 0.4) is 0 Å². The fourth-order valence-corrected chi connectivity index (χ4v) is 1.53. The number of carbonyl (C=O) groups is 1. The van der Waals surface area contributed by atoms with Crippen molar-refractivity contribution in [2.24, 2.45) is 0 Å². The van der Waals surface area contributed by atoms with Crippen molar-refractivity contribution < 1.29 is 22.8 Å². The molecule has 2 aromatic rings. The highest BCUT2D eigenvalue weighted by Crippen LogP contribution is 2.24. The van der Waals surface area contributed by atoms with Gasteiger partial charge in [-0.1, -0.05) is 5.16 Å². The number of hydrogen-bond donors (Lipinski definition) is 2. The number of nitrogens with zero attached hydrogens (tertiary/aromatic N) is 1. The number of carbonyl (C=O) groups excluding carboxylic acids is 1. The number of methoxy groups -OCH3 is 1. The maximum absolute atomic E-state index is 13.5. The SMILES string of the molecule is COCc1cc(C(=O)Nc2c(N)cc(F)cc2F)no1. The van der Waals surface area contributed by atoms with Crippen molar-refractivity contribution in [3.8, 4) is 0 Å². The normalized spacial score (nSPS) is 10.6. The van der Waals surface area contributed by atoms with E-state index in [1.165, 1.54) is 13.2 Å². The number of nitrogen functional groups attached to an aromatic ring is 1. The lowest BCUT2D eigenvalue weighted by molar-refractivity contribution is 0.101. The highest BCUT2D eigenvalue weighted by atomic mass is 19.1. The Hall–Kier alpha value is -2.48. The molecule has 0 radical (unpaired) electrons. The number of anilines is 2. The monoisotopic (exact) mass is 283 g/mol. The predicted octanol–water partition coefficient (Wildman–Crippen LogP) is 1.93. The first-order valence-electron chi connectivity index (χ1n) is 5.51. The highest BCUT2D eigenvalue weighted by Gasteiger charge is 2.17. The van der Waals surface area contributed by atoms with Gasteiger partial charge in [0, 0.05) is 19.2 Å². The molecule has 2 rings (SSSR count). The third-order valence-corrected chi connectivity index (χ3v) is 2.40. The summed E-state index contributed by atoms with van der Waals surface area (Å²) in [5.41, 5.74) is 4.84. The Morgan fingerprint density at radius 2 is 2.20 bits per heavy atom. The highest BCUT2D eigenvalue weighted by molar-refractivity contribution is 6.04. The van der Waals surface area contributed by atoms with Crippen LogP contribution in [-0.2, 0) is 11.3 Å². The van der Waals surface area contributed by atoms with E-state index in [9.17, 15) is 13.6 Å². The largest absolute Gasteiger partial charge is 0.397 e. The molecule has 0 saturated heterocycles. The van der Waals surface area contributed by atoms with E-state index < -0.39 is 17.5 Å². The Balaban J connectivity index is 2.19. The van der Waals surface area contributed by atoms with E-state index in [2.05, 4.69) is 10.5 Å². The molecule has 0 unspecified atom stereocenters. The van der Waals surface area contributed by atoms with Gasteiger partial charge in [-0.15, -0.1) is 0 Å². The Morgan fingerprint density at radius 3 is 2.85 bits per heavy atom. The number of halogens is 2. The average Bonchev–Trinajstić information content (AvgIpc) is 2.82. The van der Waals surface area contributed by atoms with Gasteiger partial charge >= 0.3 is 0 Å². The first kappa shape index (κ1) is 13.9. The number of ether oxygens (including phenoxy) is 1. The molecule has 6 nitrogen and oxygen atoms in total. The van der Waals surface area contributed by atoms with Gasteiger partial charge in [0.2, 0.25) is 0 Å². The maximum atomic E-state index is 13.5. The zero-order chi connectivity index (χ0) is 14.7. The molecule has 0 aliphatic rings. The first-order chi connectivity index (χ1) is 9.51. The molecule has 8 heteroatoms.